The van der Waals surface area contributed by atoms with Crippen molar-refractivity contribution in [2.45, 2.75) is 37.6 Å². The van der Waals surface area contributed by atoms with Gasteiger partial charge in [0.05, 0.1) is 5.52 Å². The molecular weight excluding hydrogens is 210 g/mol. The van der Waals surface area contributed by atoms with Gasteiger partial charge in [0.1, 0.15) is 11.6 Å². The fourth-order valence-corrected chi connectivity index (χ4v) is 2.15. The number of aromatic nitrogens is 2. The number of nitrogens with zero attached hydrogens (tertiary/aromatic N) is 2. The van der Waals surface area contributed by atoms with Crippen LogP contribution in [0.3, 0.4) is 0 Å². The van der Waals surface area contributed by atoms with Gasteiger partial charge in [-0.2, -0.15) is 0 Å². The predicted molar refractivity (Wildman–Crippen MR) is 68.2 cm³/mol. The number of anilines is 1. The van der Waals surface area contributed by atoms with E-state index in [-0.39, 0.29) is 0 Å². The quantitative estimate of drug-likeness (QED) is 0.872. The minimum atomic E-state index is 0.611. The van der Waals surface area contributed by atoms with Crippen LogP contribution < -0.4 is 5.32 Å². The molecule has 0 bridgehead atoms. The summed E-state index contributed by atoms with van der Waals surface area (Å²) in [4.78, 5) is 9.40. The van der Waals surface area contributed by atoms with Crippen molar-refractivity contribution in [1.82, 2.24) is 9.97 Å². The number of para-hydroxylation sites is 1. The smallest absolute Gasteiger partial charge is 0.137 e. The van der Waals surface area contributed by atoms with E-state index in [0.717, 1.165) is 22.5 Å². The first-order valence-corrected chi connectivity index (χ1v) is 6.43. The summed E-state index contributed by atoms with van der Waals surface area (Å²) in [6.07, 6.45) is 5.05. The third-order valence-corrected chi connectivity index (χ3v) is 3.48. The molecule has 4 rings (SSSR count). The van der Waals surface area contributed by atoms with E-state index in [2.05, 4.69) is 28.5 Å². The maximum absolute atomic E-state index is 4.72. The Morgan fingerprint density at radius 2 is 1.82 bits per heavy atom. The van der Waals surface area contributed by atoms with Gasteiger partial charge in [-0.25, -0.2) is 9.97 Å². The van der Waals surface area contributed by atoms with E-state index >= 15 is 0 Å². The molecule has 1 heterocycles. The normalized spacial score (nSPS) is 19.5. The Morgan fingerprint density at radius 3 is 2.59 bits per heavy atom. The monoisotopic (exact) mass is 225 g/mol. The van der Waals surface area contributed by atoms with Crippen molar-refractivity contribution in [3.05, 3.63) is 30.1 Å². The third-order valence-electron chi connectivity index (χ3n) is 3.48. The maximum Gasteiger partial charge on any atom is 0.137 e. The number of hydrogen-bond acceptors (Lipinski definition) is 3. The number of fused-ring (bicyclic) bond motifs is 1. The summed E-state index contributed by atoms with van der Waals surface area (Å²) in [6, 6.07) is 8.94. The lowest BCUT2D eigenvalue weighted by Crippen LogP contribution is -2.06. The van der Waals surface area contributed by atoms with Crippen molar-refractivity contribution in [1.29, 1.82) is 0 Å². The molecule has 1 aromatic heterocycles. The molecule has 2 saturated carbocycles. The molecule has 2 aromatic rings. The molecule has 2 aliphatic rings. The zero-order chi connectivity index (χ0) is 11.2. The second kappa shape index (κ2) is 3.42. The predicted octanol–water partition coefficient (Wildman–Crippen LogP) is 3.08. The van der Waals surface area contributed by atoms with Gasteiger partial charge in [0.15, 0.2) is 0 Å². The average Bonchev–Trinajstić information content (AvgIpc) is 3.23. The first kappa shape index (κ1) is 9.40. The summed E-state index contributed by atoms with van der Waals surface area (Å²) in [5, 5.41) is 4.69. The van der Waals surface area contributed by atoms with Crippen LogP contribution in [-0.4, -0.2) is 16.0 Å². The lowest BCUT2D eigenvalue weighted by molar-refractivity contribution is 0.941. The van der Waals surface area contributed by atoms with E-state index in [1.807, 2.05) is 6.07 Å². The van der Waals surface area contributed by atoms with Crippen LogP contribution in [0.15, 0.2) is 24.3 Å². The fourth-order valence-electron chi connectivity index (χ4n) is 2.15. The summed E-state index contributed by atoms with van der Waals surface area (Å²) in [7, 11) is 0. The lowest BCUT2D eigenvalue weighted by atomic mass is 10.2. The lowest BCUT2D eigenvalue weighted by Gasteiger charge is -2.09. The van der Waals surface area contributed by atoms with Crippen molar-refractivity contribution in [2.24, 2.45) is 0 Å². The van der Waals surface area contributed by atoms with E-state index < -0.39 is 0 Å². The van der Waals surface area contributed by atoms with Gasteiger partial charge >= 0.3 is 0 Å². The van der Waals surface area contributed by atoms with Gasteiger partial charge in [-0.15, -0.1) is 0 Å². The molecule has 0 aliphatic heterocycles. The van der Waals surface area contributed by atoms with Crippen LogP contribution in [0.1, 0.15) is 37.4 Å². The molecule has 86 valence electrons. The molecule has 3 heteroatoms. The van der Waals surface area contributed by atoms with E-state index in [1.165, 1.54) is 25.7 Å². The average molecular weight is 225 g/mol. The molecule has 0 unspecified atom stereocenters. The molecular formula is C14H15N3. The van der Waals surface area contributed by atoms with E-state index in [9.17, 15) is 0 Å². The highest BCUT2D eigenvalue weighted by Gasteiger charge is 2.28. The number of hydrogen-bond donors (Lipinski definition) is 1. The molecule has 1 aromatic carbocycles. The van der Waals surface area contributed by atoms with Gasteiger partial charge in [-0.05, 0) is 37.8 Å². The standard InChI is InChI=1S/C14H15N3/c1-2-4-12-11(3-1)14(15-10-7-8-10)17-13(16-12)9-5-6-9/h1-4,9-10H,5-8H2,(H,15,16,17). The zero-order valence-corrected chi connectivity index (χ0v) is 9.69. The van der Waals surface area contributed by atoms with Crippen molar-refractivity contribution in [3.63, 3.8) is 0 Å². The highest BCUT2D eigenvalue weighted by atomic mass is 15.1. The Kier molecular flexibility index (Phi) is 1.89. The van der Waals surface area contributed by atoms with Crippen molar-refractivity contribution in [2.75, 3.05) is 5.32 Å². The highest BCUT2D eigenvalue weighted by molar-refractivity contribution is 5.89. The number of rotatable bonds is 3. The summed E-state index contributed by atoms with van der Waals surface area (Å²) in [5.41, 5.74) is 1.08. The molecule has 0 radical (unpaired) electrons. The van der Waals surface area contributed by atoms with Crippen LogP contribution in [0.4, 0.5) is 5.82 Å². The molecule has 0 atom stereocenters. The zero-order valence-electron chi connectivity index (χ0n) is 9.69. The highest BCUT2D eigenvalue weighted by Crippen LogP contribution is 2.39. The van der Waals surface area contributed by atoms with Crippen LogP contribution in [0.2, 0.25) is 0 Å². The largest absolute Gasteiger partial charge is 0.367 e. The third kappa shape index (κ3) is 1.75. The van der Waals surface area contributed by atoms with Crippen LogP contribution in [0.25, 0.3) is 10.9 Å². The molecule has 3 nitrogen and oxygen atoms in total. The molecule has 0 spiro atoms. The van der Waals surface area contributed by atoms with Crippen LogP contribution in [0, 0.1) is 0 Å². The van der Waals surface area contributed by atoms with Crippen LogP contribution in [0.5, 0.6) is 0 Å². The number of benzene rings is 1. The van der Waals surface area contributed by atoms with Crippen molar-refractivity contribution in [3.8, 4) is 0 Å². The summed E-state index contributed by atoms with van der Waals surface area (Å²) >= 11 is 0. The topological polar surface area (TPSA) is 37.8 Å². The Labute approximate surface area is 100 Å². The molecule has 17 heavy (non-hydrogen) atoms. The fraction of sp³-hybridized carbons (Fsp3) is 0.429. The first-order chi connectivity index (χ1) is 8.40. The van der Waals surface area contributed by atoms with Gasteiger partial charge in [0, 0.05) is 17.3 Å². The Bertz CT molecular complexity index is 571. The molecule has 1 N–H and O–H groups in total. The van der Waals surface area contributed by atoms with Gasteiger partial charge in [-0.1, -0.05) is 12.1 Å². The Balaban J connectivity index is 1.86. The minimum Gasteiger partial charge on any atom is -0.367 e. The van der Waals surface area contributed by atoms with Crippen LogP contribution >= 0.6 is 0 Å². The second-order valence-electron chi connectivity index (χ2n) is 5.14. The first-order valence-electron chi connectivity index (χ1n) is 6.43. The SMILES string of the molecule is c1ccc2c(NC3CC3)nc(C3CC3)nc2c1. The van der Waals surface area contributed by atoms with Crippen molar-refractivity contribution < 1.29 is 0 Å². The number of nitrogens with one attached hydrogen (secondary N) is 1. The molecule has 0 amide bonds. The van der Waals surface area contributed by atoms with Gasteiger partial charge < -0.3 is 5.32 Å². The Hall–Kier alpha value is -1.64. The van der Waals surface area contributed by atoms with E-state index in [1.54, 1.807) is 0 Å². The van der Waals surface area contributed by atoms with E-state index in [4.69, 9.17) is 4.98 Å². The molecule has 2 fully saturated rings. The van der Waals surface area contributed by atoms with Gasteiger partial charge in [-0.3, -0.25) is 0 Å². The Morgan fingerprint density at radius 1 is 1.00 bits per heavy atom. The molecule has 0 saturated heterocycles. The summed E-state index contributed by atoms with van der Waals surface area (Å²) in [5.74, 6) is 2.69. The second-order valence-corrected chi connectivity index (χ2v) is 5.14. The summed E-state index contributed by atoms with van der Waals surface area (Å²) < 4.78 is 0. The maximum atomic E-state index is 4.72. The molecule has 2 aliphatic carbocycles. The minimum absolute atomic E-state index is 0.611. The van der Waals surface area contributed by atoms with Gasteiger partial charge in [0.25, 0.3) is 0 Å². The van der Waals surface area contributed by atoms with E-state index in [0.29, 0.717) is 12.0 Å². The summed E-state index contributed by atoms with van der Waals surface area (Å²) in [6.45, 7) is 0. The van der Waals surface area contributed by atoms with Crippen molar-refractivity contribution >= 4 is 16.7 Å². The van der Waals surface area contributed by atoms with Gasteiger partial charge in [0.2, 0.25) is 0 Å². The van der Waals surface area contributed by atoms with Crippen LogP contribution in [-0.2, 0) is 0 Å².